The van der Waals surface area contributed by atoms with Gasteiger partial charge in [-0.25, -0.2) is 0 Å². The maximum Gasteiger partial charge on any atom is 0.145 e. The molecule has 4 heteroatoms. The third kappa shape index (κ3) is 4.45. The summed E-state index contributed by atoms with van der Waals surface area (Å²) < 4.78 is 16.0. The average molecular weight is 684 g/mol. The Hall–Kier alpha value is -6.62. The lowest BCUT2D eigenvalue weighted by molar-refractivity contribution is 0.669. The first-order valence-corrected chi connectivity index (χ1v) is 18.3. The van der Waals surface area contributed by atoms with E-state index in [1.54, 1.807) is 0 Å². The summed E-state index contributed by atoms with van der Waals surface area (Å²) in [7, 11) is 0. The summed E-state index contributed by atoms with van der Waals surface area (Å²) in [5.74, 6) is 0. The molecule has 0 bridgehead atoms. The zero-order chi connectivity index (χ0) is 34.2. The number of hydrogen-bond donors (Lipinski definition) is 0. The van der Waals surface area contributed by atoms with Gasteiger partial charge in [-0.15, -0.1) is 11.3 Å². The van der Waals surface area contributed by atoms with Crippen LogP contribution in [0.5, 0.6) is 0 Å². The zero-order valence-corrected chi connectivity index (χ0v) is 28.7. The highest BCUT2D eigenvalue weighted by molar-refractivity contribution is 7.25. The number of benzene rings is 8. The quantitative estimate of drug-likeness (QED) is 0.181. The molecule has 0 atom stereocenters. The van der Waals surface area contributed by atoms with Crippen LogP contribution in [0.15, 0.2) is 185 Å². The van der Waals surface area contributed by atoms with Gasteiger partial charge in [0.25, 0.3) is 0 Å². The maximum atomic E-state index is 6.97. The van der Waals surface area contributed by atoms with Gasteiger partial charge >= 0.3 is 0 Å². The lowest BCUT2D eigenvalue weighted by Crippen LogP contribution is -2.11. The highest BCUT2D eigenvalue weighted by atomic mass is 32.1. The van der Waals surface area contributed by atoms with Gasteiger partial charge in [-0.1, -0.05) is 115 Å². The minimum Gasteiger partial charge on any atom is -0.456 e. The van der Waals surface area contributed by atoms with Crippen LogP contribution in [0.3, 0.4) is 0 Å². The van der Waals surface area contributed by atoms with Crippen LogP contribution >= 0.6 is 11.3 Å². The monoisotopic (exact) mass is 683 g/mol. The molecule has 0 saturated heterocycles. The molecule has 11 aromatic rings. The molecule has 8 aromatic carbocycles. The van der Waals surface area contributed by atoms with Crippen molar-refractivity contribution in [2.45, 2.75) is 0 Å². The molecule has 3 nitrogen and oxygen atoms in total. The van der Waals surface area contributed by atoms with Gasteiger partial charge in [0.1, 0.15) is 22.3 Å². The predicted octanol–water partition coefficient (Wildman–Crippen LogP) is 14.7. The van der Waals surface area contributed by atoms with E-state index in [1.807, 2.05) is 23.5 Å². The molecule has 0 amide bonds. The lowest BCUT2D eigenvalue weighted by atomic mass is 9.98. The van der Waals surface area contributed by atoms with Crippen LogP contribution < -0.4 is 4.90 Å². The second-order valence-electron chi connectivity index (χ2n) is 13.2. The normalized spacial score (nSPS) is 11.8. The van der Waals surface area contributed by atoms with Gasteiger partial charge < -0.3 is 13.7 Å². The zero-order valence-electron chi connectivity index (χ0n) is 27.9. The van der Waals surface area contributed by atoms with E-state index in [4.69, 9.17) is 8.83 Å². The number of anilines is 3. The smallest absolute Gasteiger partial charge is 0.145 e. The molecular weight excluding hydrogens is 655 g/mol. The van der Waals surface area contributed by atoms with Crippen LogP contribution in [0.2, 0.25) is 0 Å². The molecule has 0 aliphatic carbocycles. The van der Waals surface area contributed by atoms with Crippen molar-refractivity contribution in [3.63, 3.8) is 0 Å². The number of rotatable bonds is 5. The third-order valence-electron chi connectivity index (χ3n) is 10.3. The van der Waals surface area contributed by atoms with E-state index in [2.05, 4.69) is 169 Å². The Bertz CT molecular complexity index is 3130. The Balaban J connectivity index is 1.25. The molecule has 0 fully saturated rings. The Kier molecular flexibility index (Phi) is 6.42. The van der Waals surface area contributed by atoms with E-state index < -0.39 is 0 Å². The van der Waals surface area contributed by atoms with Crippen molar-refractivity contribution in [3.05, 3.63) is 176 Å². The van der Waals surface area contributed by atoms with Crippen LogP contribution in [0.25, 0.3) is 86.3 Å². The fourth-order valence-electron chi connectivity index (χ4n) is 7.91. The fraction of sp³-hybridized carbons (Fsp3) is 0. The first kappa shape index (κ1) is 29.1. The number of furan rings is 2. The molecular formula is C48H29NO2S. The van der Waals surface area contributed by atoms with Gasteiger partial charge in [0.15, 0.2) is 0 Å². The van der Waals surface area contributed by atoms with Crippen LogP contribution in [0.4, 0.5) is 17.1 Å². The van der Waals surface area contributed by atoms with Crippen LogP contribution in [0, 0.1) is 0 Å². The van der Waals surface area contributed by atoms with E-state index in [9.17, 15) is 0 Å². The Morgan fingerprint density at radius 2 is 1.06 bits per heavy atom. The third-order valence-corrected chi connectivity index (χ3v) is 11.4. The molecule has 0 spiro atoms. The van der Waals surface area contributed by atoms with Crippen LogP contribution in [-0.4, -0.2) is 0 Å². The predicted molar refractivity (Wildman–Crippen MR) is 219 cm³/mol. The van der Waals surface area contributed by atoms with Gasteiger partial charge in [-0.2, -0.15) is 0 Å². The summed E-state index contributed by atoms with van der Waals surface area (Å²) in [5.41, 5.74) is 11.1. The molecule has 0 unspecified atom stereocenters. The number of hydrogen-bond acceptors (Lipinski definition) is 4. The van der Waals surface area contributed by atoms with Gasteiger partial charge in [-0.3, -0.25) is 0 Å². The standard InChI is InChI=1S/C48H29NO2S/c1-3-12-30(13-4-1)32-22-24-38-43(28-32)51-48-34(31-14-5-2-6-15-31)26-27-40(47(38)48)49(33-23-25-36-35-16-8-10-21-44(35)52-45(36)29-33)39-18-11-20-42-46(39)37-17-7-9-19-41(37)50-42/h1-29H. The molecule has 52 heavy (non-hydrogen) atoms. The van der Waals surface area contributed by atoms with E-state index >= 15 is 0 Å². The molecule has 3 heterocycles. The molecule has 0 aliphatic heterocycles. The minimum absolute atomic E-state index is 0.855. The van der Waals surface area contributed by atoms with E-state index in [0.29, 0.717) is 0 Å². The summed E-state index contributed by atoms with van der Waals surface area (Å²) in [6, 6.07) is 62.4. The van der Waals surface area contributed by atoms with Crippen molar-refractivity contribution < 1.29 is 8.83 Å². The highest BCUT2D eigenvalue weighted by Gasteiger charge is 2.25. The van der Waals surface area contributed by atoms with Gasteiger partial charge in [0, 0.05) is 42.2 Å². The molecule has 0 radical (unpaired) electrons. The molecule has 0 saturated carbocycles. The first-order valence-electron chi connectivity index (χ1n) is 17.5. The van der Waals surface area contributed by atoms with Crippen LogP contribution in [0.1, 0.15) is 0 Å². The van der Waals surface area contributed by atoms with Crippen molar-refractivity contribution in [2.24, 2.45) is 0 Å². The SMILES string of the molecule is c1ccc(-c2ccc3c(c2)oc2c(-c4ccccc4)ccc(N(c4ccc5c(c4)sc4ccccc45)c4cccc5oc6ccccc6c45)c23)cc1. The van der Waals surface area contributed by atoms with E-state index in [1.165, 1.54) is 20.2 Å². The van der Waals surface area contributed by atoms with Crippen molar-refractivity contribution in [2.75, 3.05) is 4.90 Å². The topological polar surface area (TPSA) is 29.5 Å². The number of nitrogens with zero attached hydrogens (tertiary/aromatic N) is 1. The second kappa shape index (κ2) is 11.5. The van der Waals surface area contributed by atoms with Crippen molar-refractivity contribution >= 4 is 92.4 Å². The Morgan fingerprint density at radius 3 is 1.92 bits per heavy atom. The fourth-order valence-corrected chi connectivity index (χ4v) is 9.05. The average Bonchev–Trinajstić information content (AvgIpc) is 3.90. The molecule has 244 valence electrons. The summed E-state index contributed by atoms with van der Waals surface area (Å²) in [4.78, 5) is 2.41. The maximum absolute atomic E-state index is 6.97. The van der Waals surface area contributed by atoms with Crippen molar-refractivity contribution in [1.29, 1.82) is 0 Å². The first-order chi connectivity index (χ1) is 25.8. The summed E-state index contributed by atoms with van der Waals surface area (Å²) >= 11 is 1.83. The molecule has 0 N–H and O–H groups in total. The molecule has 0 aliphatic rings. The van der Waals surface area contributed by atoms with Crippen molar-refractivity contribution in [3.8, 4) is 22.3 Å². The Morgan fingerprint density at radius 1 is 0.385 bits per heavy atom. The van der Waals surface area contributed by atoms with E-state index in [-0.39, 0.29) is 0 Å². The lowest BCUT2D eigenvalue weighted by Gasteiger charge is -2.27. The minimum atomic E-state index is 0.855. The number of fused-ring (bicyclic) bond motifs is 9. The van der Waals surface area contributed by atoms with Crippen molar-refractivity contribution in [1.82, 2.24) is 0 Å². The van der Waals surface area contributed by atoms with E-state index in [0.717, 1.165) is 83.2 Å². The number of para-hydroxylation sites is 1. The van der Waals surface area contributed by atoms with Gasteiger partial charge in [-0.05, 0) is 77.4 Å². The highest BCUT2D eigenvalue weighted by Crippen LogP contribution is 2.50. The summed E-state index contributed by atoms with van der Waals surface area (Å²) in [6.07, 6.45) is 0. The second-order valence-corrected chi connectivity index (χ2v) is 14.3. The van der Waals surface area contributed by atoms with Gasteiger partial charge in [0.2, 0.25) is 0 Å². The summed E-state index contributed by atoms with van der Waals surface area (Å²) in [6.45, 7) is 0. The molecule has 11 rings (SSSR count). The Labute approximate surface area is 303 Å². The molecule has 3 aromatic heterocycles. The summed E-state index contributed by atoms with van der Waals surface area (Å²) in [5, 5.41) is 6.85. The van der Waals surface area contributed by atoms with Crippen LogP contribution in [-0.2, 0) is 0 Å². The largest absolute Gasteiger partial charge is 0.456 e. The van der Waals surface area contributed by atoms with Gasteiger partial charge in [0.05, 0.1) is 22.1 Å². The number of thiophene rings is 1.